The molecule has 0 aliphatic heterocycles. The van der Waals surface area contributed by atoms with Gasteiger partial charge in [0.1, 0.15) is 5.54 Å². The van der Waals surface area contributed by atoms with Gasteiger partial charge < -0.3 is 21.7 Å². The van der Waals surface area contributed by atoms with E-state index in [1.54, 1.807) is 0 Å². The maximum absolute atomic E-state index is 10.7. The summed E-state index contributed by atoms with van der Waals surface area (Å²) in [4.78, 5) is 20.9. The number of aliphatic carboxylic acids is 1. The highest BCUT2D eigenvalue weighted by Gasteiger charge is 2.33. The van der Waals surface area contributed by atoms with Crippen LogP contribution in [-0.2, 0) is 9.59 Å². The van der Waals surface area contributed by atoms with Crippen molar-refractivity contribution in [3.63, 3.8) is 0 Å². The summed E-state index contributed by atoms with van der Waals surface area (Å²) >= 11 is 0. The average molecular weight is 176 g/mol. The Morgan fingerprint density at radius 1 is 1.42 bits per heavy atom. The SMILES string of the molecule is NC(=O)[C@](N)(CCO)CC(=O)O. The second-order valence-electron chi connectivity index (χ2n) is 2.56. The van der Waals surface area contributed by atoms with Crippen molar-refractivity contribution in [3.05, 3.63) is 0 Å². The maximum Gasteiger partial charge on any atom is 0.305 e. The Morgan fingerprint density at radius 2 is 1.92 bits per heavy atom. The second kappa shape index (κ2) is 4.03. The van der Waals surface area contributed by atoms with Crippen LogP contribution in [0.15, 0.2) is 0 Å². The van der Waals surface area contributed by atoms with E-state index in [1.807, 2.05) is 0 Å². The third-order valence-corrected chi connectivity index (χ3v) is 1.52. The van der Waals surface area contributed by atoms with Crippen molar-refractivity contribution < 1.29 is 19.8 Å². The zero-order valence-corrected chi connectivity index (χ0v) is 6.49. The van der Waals surface area contributed by atoms with Gasteiger partial charge >= 0.3 is 5.97 Å². The fraction of sp³-hybridized carbons (Fsp3) is 0.667. The molecule has 0 radical (unpaired) electrons. The van der Waals surface area contributed by atoms with Crippen molar-refractivity contribution in [2.24, 2.45) is 11.5 Å². The summed E-state index contributed by atoms with van der Waals surface area (Å²) in [7, 11) is 0. The number of aliphatic hydroxyl groups excluding tert-OH is 1. The number of carboxylic acids is 1. The van der Waals surface area contributed by atoms with Gasteiger partial charge in [0.25, 0.3) is 0 Å². The van der Waals surface area contributed by atoms with Crippen LogP contribution in [0.25, 0.3) is 0 Å². The highest BCUT2D eigenvalue weighted by molar-refractivity contribution is 5.88. The number of primary amides is 1. The third-order valence-electron chi connectivity index (χ3n) is 1.52. The molecule has 70 valence electrons. The molecule has 6 N–H and O–H groups in total. The van der Waals surface area contributed by atoms with Crippen LogP contribution in [0.5, 0.6) is 0 Å². The molecule has 0 bridgehead atoms. The highest BCUT2D eigenvalue weighted by Crippen LogP contribution is 2.10. The summed E-state index contributed by atoms with van der Waals surface area (Å²) in [5.41, 5.74) is 8.57. The normalized spacial score (nSPS) is 15.2. The van der Waals surface area contributed by atoms with E-state index in [0.717, 1.165) is 0 Å². The van der Waals surface area contributed by atoms with Gasteiger partial charge in [-0.2, -0.15) is 0 Å². The van der Waals surface area contributed by atoms with Gasteiger partial charge in [0, 0.05) is 6.61 Å². The number of hydrogen-bond acceptors (Lipinski definition) is 4. The van der Waals surface area contributed by atoms with Crippen LogP contribution in [0.4, 0.5) is 0 Å². The molecule has 0 aliphatic rings. The minimum absolute atomic E-state index is 0.144. The molecule has 0 spiro atoms. The predicted molar refractivity (Wildman–Crippen MR) is 40.1 cm³/mol. The van der Waals surface area contributed by atoms with Crippen molar-refractivity contribution in [2.45, 2.75) is 18.4 Å². The molecule has 0 aromatic rings. The Kier molecular flexibility index (Phi) is 3.65. The summed E-state index contributed by atoms with van der Waals surface area (Å²) in [5, 5.41) is 16.8. The lowest BCUT2D eigenvalue weighted by Gasteiger charge is -2.22. The van der Waals surface area contributed by atoms with E-state index in [4.69, 9.17) is 21.7 Å². The summed E-state index contributed by atoms with van der Waals surface area (Å²) in [6.45, 7) is -0.368. The van der Waals surface area contributed by atoms with Crippen molar-refractivity contribution >= 4 is 11.9 Å². The fourth-order valence-corrected chi connectivity index (χ4v) is 0.768. The zero-order chi connectivity index (χ0) is 9.78. The van der Waals surface area contributed by atoms with Crippen molar-refractivity contribution in [2.75, 3.05) is 6.61 Å². The van der Waals surface area contributed by atoms with Crippen LogP contribution in [0.1, 0.15) is 12.8 Å². The van der Waals surface area contributed by atoms with Crippen molar-refractivity contribution in [1.82, 2.24) is 0 Å². The van der Waals surface area contributed by atoms with E-state index in [0.29, 0.717) is 0 Å². The van der Waals surface area contributed by atoms with Crippen LogP contribution in [0.3, 0.4) is 0 Å². The molecule has 0 aromatic carbocycles. The number of aliphatic hydroxyl groups is 1. The Labute approximate surface area is 69.2 Å². The lowest BCUT2D eigenvalue weighted by molar-refractivity contribution is -0.141. The lowest BCUT2D eigenvalue weighted by Crippen LogP contribution is -2.53. The van der Waals surface area contributed by atoms with Gasteiger partial charge in [0.15, 0.2) is 0 Å². The van der Waals surface area contributed by atoms with Crippen LogP contribution < -0.4 is 11.5 Å². The Balaban J connectivity index is 4.38. The molecule has 6 heteroatoms. The number of hydrogen-bond donors (Lipinski definition) is 4. The van der Waals surface area contributed by atoms with E-state index >= 15 is 0 Å². The molecule has 0 aromatic heterocycles. The molecule has 6 nitrogen and oxygen atoms in total. The molecular formula is C6H12N2O4. The average Bonchev–Trinajstić information content (AvgIpc) is 1.85. The van der Waals surface area contributed by atoms with E-state index in [1.165, 1.54) is 0 Å². The van der Waals surface area contributed by atoms with Gasteiger partial charge in [-0.1, -0.05) is 0 Å². The predicted octanol–water partition coefficient (Wildman–Crippen LogP) is -1.97. The molecule has 0 unspecified atom stereocenters. The van der Waals surface area contributed by atoms with E-state index in [9.17, 15) is 9.59 Å². The van der Waals surface area contributed by atoms with Crippen LogP contribution in [-0.4, -0.2) is 34.2 Å². The first-order chi connectivity index (χ1) is 5.42. The van der Waals surface area contributed by atoms with Crippen LogP contribution in [0, 0.1) is 0 Å². The topological polar surface area (TPSA) is 127 Å². The van der Waals surface area contributed by atoms with Crippen molar-refractivity contribution in [1.29, 1.82) is 0 Å². The maximum atomic E-state index is 10.7. The van der Waals surface area contributed by atoms with Gasteiger partial charge in [-0.3, -0.25) is 9.59 Å². The summed E-state index contributed by atoms with van der Waals surface area (Å²) < 4.78 is 0. The second-order valence-corrected chi connectivity index (χ2v) is 2.56. The van der Waals surface area contributed by atoms with Gasteiger partial charge in [-0.25, -0.2) is 0 Å². The van der Waals surface area contributed by atoms with Gasteiger partial charge in [0.05, 0.1) is 6.42 Å². The van der Waals surface area contributed by atoms with Gasteiger partial charge in [-0.05, 0) is 6.42 Å². The molecule has 0 fully saturated rings. The van der Waals surface area contributed by atoms with Crippen LogP contribution >= 0.6 is 0 Å². The molecule has 0 aliphatic carbocycles. The van der Waals surface area contributed by atoms with E-state index < -0.39 is 23.8 Å². The largest absolute Gasteiger partial charge is 0.481 e. The molecule has 12 heavy (non-hydrogen) atoms. The minimum Gasteiger partial charge on any atom is -0.481 e. The number of rotatable bonds is 5. The highest BCUT2D eigenvalue weighted by atomic mass is 16.4. The zero-order valence-electron chi connectivity index (χ0n) is 6.49. The Hall–Kier alpha value is -1.14. The monoisotopic (exact) mass is 176 g/mol. The van der Waals surface area contributed by atoms with Gasteiger partial charge in [-0.15, -0.1) is 0 Å². The smallest absolute Gasteiger partial charge is 0.305 e. The molecule has 0 heterocycles. The fourth-order valence-electron chi connectivity index (χ4n) is 0.768. The third kappa shape index (κ3) is 2.85. The lowest BCUT2D eigenvalue weighted by atomic mass is 9.92. The first-order valence-electron chi connectivity index (χ1n) is 3.34. The minimum atomic E-state index is -1.64. The number of carboxylic acid groups (broad SMARTS) is 1. The summed E-state index contributed by atoms with van der Waals surface area (Å²) in [5.74, 6) is -2.14. The summed E-state index contributed by atoms with van der Waals surface area (Å²) in [6, 6.07) is 0. The standard InChI is InChI=1S/C6H12N2O4/c7-5(12)6(8,1-2-9)3-4(10)11/h9H,1-3,8H2,(H2,7,12)(H,10,11)/t6-/m0/s1. The summed E-state index contributed by atoms with van der Waals surface area (Å²) in [6.07, 6.45) is -0.711. The quantitative estimate of drug-likeness (QED) is 0.386. The number of carbonyl (C=O) groups is 2. The number of amides is 1. The molecular weight excluding hydrogens is 164 g/mol. The number of carbonyl (C=O) groups excluding carboxylic acids is 1. The molecule has 0 saturated carbocycles. The number of nitrogens with two attached hydrogens (primary N) is 2. The molecule has 1 amide bonds. The Bertz CT molecular complexity index is 194. The first-order valence-corrected chi connectivity index (χ1v) is 3.34. The molecule has 1 atom stereocenters. The van der Waals surface area contributed by atoms with Gasteiger partial charge in [0.2, 0.25) is 5.91 Å². The van der Waals surface area contributed by atoms with Crippen LogP contribution in [0.2, 0.25) is 0 Å². The molecule has 0 rings (SSSR count). The van der Waals surface area contributed by atoms with Crippen molar-refractivity contribution in [3.8, 4) is 0 Å². The van der Waals surface area contributed by atoms with E-state index in [2.05, 4.69) is 0 Å². The van der Waals surface area contributed by atoms with E-state index in [-0.39, 0.29) is 13.0 Å². The Morgan fingerprint density at radius 3 is 2.17 bits per heavy atom. The first kappa shape index (κ1) is 10.9. The molecule has 0 saturated heterocycles.